The molecule has 0 rings (SSSR count). The molecule has 0 saturated carbocycles. The average molecular weight is 273 g/mol. The molecule has 5 nitrogen and oxygen atoms in total. The SMILES string of the molecule is CC(=O)SCC[C@H](NC(=O)C(F)(F)F)C(=O)O. The van der Waals surface area contributed by atoms with Gasteiger partial charge in [0.05, 0.1) is 0 Å². The molecule has 17 heavy (non-hydrogen) atoms. The van der Waals surface area contributed by atoms with Crippen LogP contribution in [0.2, 0.25) is 0 Å². The van der Waals surface area contributed by atoms with Gasteiger partial charge in [-0.25, -0.2) is 4.79 Å². The molecule has 0 fully saturated rings. The van der Waals surface area contributed by atoms with Crippen molar-refractivity contribution in [1.29, 1.82) is 0 Å². The van der Waals surface area contributed by atoms with Crippen molar-refractivity contribution < 1.29 is 32.7 Å². The lowest BCUT2D eigenvalue weighted by Crippen LogP contribution is -2.47. The van der Waals surface area contributed by atoms with E-state index in [4.69, 9.17) is 5.11 Å². The third-order valence-electron chi connectivity index (χ3n) is 1.57. The molecule has 1 amide bonds. The number of hydrogen-bond donors (Lipinski definition) is 2. The highest BCUT2D eigenvalue weighted by atomic mass is 32.2. The summed E-state index contributed by atoms with van der Waals surface area (Å²) in [6, 6.07) is -1.66. The van der Waals surface area contributed by atoms with Gasteiger partial charge in [0.2, 0.25) is 0 Å². The molecule has 0 aromatic rings. The van der Waals surface area contributed by atoms with Gasteiger partial charge in [-0.2, -0.15) is 13.2 Å². The van der Waals surface area contributed by atoms with Crippen molar-refractivity contribution in [2.75, 3.05) is 5.75 Å². The van der Waals surface area contributed by atoms with Crippen LogP contribution < -0.4 is 5.32 Å². The summed E-state index contributed by atoms with van der Waals surface area (Å²) in [5.74, 6) is -3.87. The molecule has 1 atom stereocenters. The number of carbonyl (C=O) groups is 3. The molecular weight excluding hydrogens is 263 g/mol. The fourth-order valence-corrected chi connectivity index (χ4v) is 1.46. The van der Waals surface area contributed by atoms with E-state index in [1.165, 1.54) is 12.2 Å². The van der Waals surface area contributed by atoms with Gasteiger partial charge in [-0.05, 0) is 6.42 Å². The van der Waals surface area contributed by atoms with E-state index in [0.29, 0.717) is 0 Å². The van der Waals surface area contributed by atoms with Crippen LogP contribution in [-0.4, -0.2) is 40.1 Å². The third-order valence-corrected chi connectivity index (χ3v) is 2.42. The topological polar surface area (TPSA) is 83.5 Å². The summed E-state index contributed by atoms with van der Waals surface area (Å²) in [7, 11) is 0. The van der Waals surface area contributed by atoms with Crippen LogP contribution in [0, 0.1) is 0 Å². The number of halogens is 3. The predicted octanol–water partition coefficient (Wildman–Crippen LogP) is 0.788. The summed E-state index contributed by atoms with van der Waals surface area (Å²) < 4.78 is 35.6. The number of carboxylic acid groups (broad SMARTS) is 1. The van der Waals surface area contributed by atoms with Crippen LogP contribution in [0.1, 0.15) is 13.3 Å². The normalized spacial score (nSPS) is 12.9. The molecule has 2 N–H and O–H groups in total. The van der Waals surface area contributed by atoms with Gasteiger partial charge in [-0.15, -0.1) is 0 Å². The Bertz CT molecular complexity index is 318. The summed E-state index contributed by atoms with van der Waals surface area (Å²) in [4.78, 5) is 31.6. The largest absolute Gasteiger partial charge is 0.480 e. The molecule has 0 aliphatic carbocycles. The van der Waals surface area contributed by atoms with Crippen molar-refractivity contribution in [1.82, 2.24) is 5.32 Å². The van der Waals surface area contributed by atoms with Crippen LogP contribution in [0.25, 0.3) is 0 Å². The molecular formula is C8H10F3NO4S. The van der Waals surface area contributed by atoms with Gasteiger partial charge >= 0.3 is 18.1 Å². The summed E-state index contributed by atoms with van der Waals surface area (Å²) in [6.07, 6.45) is -5.39. The van der Waals surface area contributed by atoms with Gasteiger partial charge in [0.25, 0.3) is 0 Å². The van der Waals surface area contributed by atoms with E-state index in [0.717, 1.165) is 11.8 Å². The Kier molecular flexibility index (Phi) is 6.00. The number of rotatable bonds is 5. The van der Waals surface area contributed by atoms with E-state index >= 15 is 0 Å². The molecule has 9 heteroatoms. The number of aliphatic carboxylic acids is 1. The van der Waals surface area contributed by atoms with Gasteiger partial charge in [0, 0.05) is 12.7 Å². The first-order chi connectivity index (χ1) is 7.64. The van der Waals surface area contributed by atoms with E-state index in [9.17, 15) is 27.6 Å². The van der Waals surface area contributed by atoms with Crippen LogP contribution in [-0.2, 0) is 14.4 Å². The Morgan fingerprint density at radius 3 is 2.24 bits per heavy atom. The van der Waals surface area contributed by atoms with E-state index in [2.05, 4.69) is 0 Å². The number of thioether (sulfide) groups is 1. The maximum absolute atomic E-state index is 11.9. The molecule has 0 spiro atoms. The fourth-order valence-electron chi connectivity index (χ4n) is 0.818. The highest BCUT2D eigenvalue weighted by molar-refractivity contribution is 8.13. The fraction of sp³-hybridized carbons (Fsp3) is 0.625. The molecule has 0 aliphatic rings. The van der Waals surface area contributed by atoms with E-state index < -0.39 is 24.1 Å². The van der Waals surface area contributed by atoms with Gasteiger partial charge in [-0.3, -0.25) is 9.59 Å². The maximum atomic E-state index is 11.9. The van der Waals surface area contributed by atoms with Crippen LogP contribution in [0.5, 0.6) is 0 Å². The second-order valence-corrected chi connectivity index (χ2v) is 4.26. The average Bonchev–Trinajstić information content (AvgIpc) is 2.13. The Morgan fingerprint density at radius 1 is 1.35 bits per heavy atom. The van der Waals surface area contributed by atoms with Crippen molar-refractivity contribution in [3.8, 4) is 0 Å². The minimum Gasteiger partial charge on any atom is -0.480 e. The monoisotopic (exact) mass is 273 g/mol. The molecule has 0 aromatic carbocycles. The highest BCUT2D eigenvalue weighted by Gasteiger charge is 2.40. The Balaban J connectivity index is 4.31. The number of amides is 1. The van der Waals surface area contributed by atoms with Crippen LogP contribution in [0.4, 0.5) is 13.2 Å². The summed E-state index contributed by atoms with van der Waals surface area (Å²) in [5, 5.41) is 9.64. The minimum absolute atomic E-state index is 0.0183. The first-order valence-electron chi connectivity index (χ1n) is 4.38. The lowest BCUT2D eigenvalue weighted by Gasteiger charge is -2.14. The quantitative estimate of drug-likeness (QED) is 0.773. The molecule has 0 saturated heterocycles. The molecule has 0 aliphatic heterocycles. The lowest BCUT2D eigenvalue weighted by atomic mass is 10.2. The molecule has 0 unspecified atom stereocenters. The molecule has 98 valence electrons. The Morgan fingerprint density at radius 2 is 1.88 bits per heavy atom. The summed E-state index contributed by atoms with van der Waals surface area (Å²) >= 11 is 0.777. The molecule has 0 bridgehead atoms. The van der Waals surface area contributed by atoms with Crippen LogP contribution in [0.15, 0.2) is 0 Å². The van der Waals surface area contributed by atoms with E-state index in [-0.39, 0.29) is 17.3 Å². The predicted molar refractivity (Wildman–Crippen MR) is 53.4 cm³/mol. The van der Waals surface area contributed by atoms with Crippen molar-refractivity contribution in [2.24, 2.45) is 0 Å². The number of carbonyl (C=O) groups excluding carboxylic acids is 2. The first kappa shape index (κ1) is 15.8. The van der Waals surface area contributed by atoms with Crippen molar-refractivity contribution in [2.45, 2.75) is 25.6 Å². The highest BCUT2D eigenvalue weighted by Crippen LogP contribution is 2.15. The van der Waals surface area contributed by atoms with Gasteiger partial charge in [-0.1, -0.05) is 11.8 Å². The van der Waals surface area contributed by atoms with Crippen molar-refractivity contribution >= 4 is 28.8 Å². The minimum atomic E-state index is -5.12. The third kappa shape index (κ3) is 6.82. The smallest absolute Gasteiger partial charge is 0.471 e. The first-order valence-corrected chi connectivity index (χ1v) is 5.37. The van der Waals surface area contributed by atoms with Gasteiger partial charge < -0.3 is 10.4 Å². The number of carboxylic acids is 1. The molecule has 0 radical (unpaired) electrons. The van der Waals surface area contributed by atoms with Gasteiger partial charge in [0.1, 0.15) is 6.04 Å². The van der Waals surface area contributed by atoms with Gasteiger partial charge in [0.15, 0.2) is 5.12 Å². The van der Waals surface area contributed by atoms with E-state index in [1.54, 1.807) is 0 Å². The number of nitrogens with one attached hydrogen (secondary N) is 1. The van der Waals surface area contributed by atoms with E-state index in [1.807, 2.05) is 0 Å². The van der Waals surface area contributed by atoms with Crippen molar-refractivity contribution in [3.05, 3.63) is 0 Å². The van der Waals surface area contributed by atoms with Crippen LogP contribution in [0.3, 0.4) is 0 Å². The lowest BCUT2D eigenvalue weighted by molar-refractivity contribution is -0.175. The molecule has 0 aromatic heterocycles. The Hall–Kier alpha value is -1.25. The maximum Gasteiger partial charge on any atom is 0.471 e. The molecule has 0 heterocycles. The zero-order chi connectivity index (χ0) is 13.6. The zero-order valence-electron chi connectivity index (χ0n) is 8.71. The Labute approximate surface area is 98.7 Å². The second-order valence-electron chi connectivity index (χ2n) is 2.99. The summed E-state index contributed by atoms with van der Waals surface area (Å²) in [5.41, 5.74) is 0. The zero-order valence-corrected chi connectivity index (χ0v) is 9.52. The number of hydrogen-bond acceptors (Lipinski definition) is 4. The van der Waals surface area contributed by atoms with Crippen molar-refractivity contribution in [3.63, 3.8) is 0 Å². The standard InChI is InChI=1S/C8H10F3NO4S/c1-4(13)17-3-2-5(6(14)15)12-7(16)8(9,10)11/h5H,2-3H2,1H3,(H,12,16)(H,14,15)/t5-/m0/s1. The second kappa shape index (κ2) is 6.48. The number of alkyl halides is 3. The van der Waals surface area contributed by atoms with Crippen LogP contribution >= 0.6 is 11.8 Å². The summed E-state index contributed by atoms with van der Waals surface area (Å²) in [6.45, 7) is 1.24.